The molecule has 0 saturated heterocycles. The minimum atomic E-state index is -0.140. The van der Waals surface area contributed by atoms with Crippen molar-refractivity contribution < 1.29 is 0 Å². The Morgan fingerprint density at radius 1 is 1.14 bits per heavy atom. The molecule has 4 nitrogen and oxygen atoms in total. The van der Waals surface area contributed by atoms with Crippen molar-refractivity contribution in [2.45, 2.75) is 59.8 Å². The van der Waals surface area contributed by atoms with Crippen LogP contribution in [0.1, 0.15) is 56.5 Å². The van der Waals surface area contributed by atoms with Crippen molar-refractivity contribution in [3.05, 3.63) is 45.6 Å². The van der Waals surface area contributed by atoms with E-state index in [1.54, 1.807) is 4.57 Å². The van der Waals surface area contributed by atoms with Gasteiger partial charge in [-0.3, -0.25) is 0 Å². The SMILES string of the molecule is CCCC(CCC)Cc1n[nH]c(=O)n1-c1c(C)cccc1C. The van der Waals surface area contributed by atoms with Crippen LogP contribution in [0.5, 0.6) is 0 Å². The smallest absolute Gasteiger partial charge is 0.247 e. The van der Waals surface area contributed by atoms with E-state index in [2.05, 4.69) is 24.0 Å². The second-order valence-corrected chi connectivity index (χ2v) is 6.17. The largest absolute Gasteiger partial charge is 0.347 e. The van der Waals surface area contributed by atoms with Crippen LogP contribution >= 0.6 is 0 Å². The fourth-order valence-corrected chi connectivity index (χ4v) is 3.28. The molecule has 0 bridgehead atoms. The number of para-hydroxylation sites is 1. The molecule has 0 saturated carbocycles. The maximum atomic E-state index is 12.3. The third-order valence-corrected chi connectivity index (χ3v) is 4.27. The van der Waals surface area contributed by atoms with Crippen LogP contribution < -0.4 is 5.69 Å². The van der Waals surface area contributed by atoms with Crippen molar-refractivity contribution >= 4 is 0 Å². The third kappa shape index (κ3) is 3.49. The Morgan fingerprint density at radius 2 is 1.73 bits per heavy atom. The molecule has 0 fully saturated rings. The minimum absolute atomic E-state index is 0.140. The lowest BCUT2D eigenvalue weighted by atomic mass is 9.94. The summed E-state index contributed by atoms with van der Waals surface area (Å²) in [4.78, 5) is 12.3. The van der Waals surface area contributed by atoms with Gasteiger partial charge in [0.25, 0.3) is 0 Å². The molecule has 1 aromatic heterocycles. The summed E-state index contributed by atoms with van der Waals surface area (Å²) < 4.78 is 1.77. The quantitative estimate of drug-likeness (QED) is 0.842. The highest BCUT2D eigenvalue weighted by Gasteiger charge is 2.18. The Labute approximate surface area is 132 Å². The van der Waals surface area contributed by atoms with E-state index in [0.29, 0.717) is 5.92 Å². The van der Waals surface area contributed by atoms with E-state index in [4.69, 9.17) is 0 Å². The van der Waals surface area contributed by atoms with Crippen LogP contribution in [0.25, 0.3) is 5.69 Å². The Hall–Kier alpha value is -1.84. The number of aromatic nitrogens is 3. The highest BCUT2D eigenvalue weighted by molar-refractivity contribution is 5.47. The molecule has 0 atom stereocenters. The highest BCUT2D eigenvalue weighted by Crippen LogP contribution is 2.22. The monoisotopic (exact) mass is 301 g/mol. The van der Waals surface area contributed by atoms with Gasteiger partial charge in [0.2, 0.25) is 0 Å². The van der Waals surface area contributed by atoms with E-state index >= 15 is 0 Å². The Morgan fingerprint density at radius 3 is 2.27 bits per heavy atom. The second-order valence-electron chi connectivity index (χ2n) is 6.17. The first kappa shape index (κ1) is 16.5. The summed E-state index contributed by atoms with van der Waals surface area (Å²) in [6.45, 7) is 8.51. The van der Waals surface area contributed by atoms with Gasteiger partial charge in [0.15, 0.2) is 0 Å². The standard InChI is InChI=1S/C18H27N3O/c1-5-8-15(9-6-2)12-16-19-20-18(22)21(16)17-13(3)10-7-11-14(17)4/h7,10-11,15H,5-6,8-9,12H2,1-4H3,(H,20,22). The van der Waals surface area contributed by atoms with Crippen molar-refractivity contribution in [3.8, 4) is 5.69 Å². The van der Waals surface area contributed by atoms with Crippen LogP contribution in [0, 0.1) is 19.8 Å². The zero-order valence-electron chi connectivity index (χ0n) is 14.1. The molecular weight excluding hydrogens is 274 g/mol. The summed E-state index contributed by atoms with van der Waals surface area (Å²) in [7, 11) is 0. The number of H-pyrrole nitrogens is 1. The molecule has 0 radical (unpaired) electrons. The number of nitrogens with zero attached hydrogens (tertiary/aromatic N) is 2. The molecule has 0 aliphatic carbocycles. The number of benzene rings is 1. The molecule has 1 aromatic carbocycles. The van der Waals surface area contributed by atoms with E-state index in [1.165, 1.54) is 25.7 Å². The molecule has 120 valence electrons. The van der Waals surface area contributed by atoms with E-state index in [-0.39, 0.29) is 5.69 Å². The van der Waals surface area contributed by atoms with Gasteiger partial charge in [-0.05, 0) is 30.9 Å². The van der Waals surface area contributed by atoms with Crippen molar-refractivity contribution in [2.75, 3.05) is 0 Å². The molecule has 1 heterocycles. The average molecular weight is 301 g/mol. The van der Waals surface area contributed by atoms with Gasteiger partial charge in [0.05, 0.1) is 5.69 Å². The first-order valence-corrected chi connectivity index (χ1v) is 8.31. The van der Waals surface area contributed by atoms with E-state index in [0.717, 1.165) is 29.1 Å². The molecule has 2 aromatic rings. The van der Waals surface area contributed by atoms with E-state index < -0.39 is 0 Å². The van der Waals surface area contributed by atoms with Gasteiger partial charge in [-0.1, -0.05) is 57.7 Å². The number of aryl methyl sites for hydroxylation is 2. The number of aromatic amines is 1. The van der Waals surface area contributed by atoms with E-state index in [1.807, 2.05) is 32.0 Å². The first-order chi connectivity index (χ1) is 10.6. The molecule has 0 aliphatic heterocycles. The second kappa shape index (κ2) is 7.43. The molecular formula is C18H27N3O. The van der Waals surface area contributed by atoms with Crippen molar-refractivity contribution in [1.82, 2.24) is 14.8 Å². The molecule has 0 amide bonds. The summed E-state index contributed by atoms with van der Waals surface area (Å²) in [5.41, 5.74) is 3.04. The lowest BCUT2D eigenvalue weighted by Crippen LogP contribution is -2.20. The first-order valence-electron chi connectivity index (χ1n) is 8.31. The van der Waals surface area contributed by atoms with E-state index in [9.17, 15) is 4.79 Å². The molecule has 0 unspecified atom stereocenters. The Kier molecular flexibility index (Phi) is 5.58. The molecule has 0 aliphatic rings. The van der Waals surface area contributed by atoms with Crippen LogP contribution in [0.3, 0.4) is 0 Å². The topological polar surface area (TPSA) is 50.7 Å². The normalized spacial score (nSPS) is 11.3. The molecule has 0 spiro atoms. The lowest BCUT2D eigenvalue weighted by Gasteiger charge is -2.17. The lowest BCUT2D eigenvalue weighted by molar-refractivity contribution is 0.426. The molecule has 2 rings (SSSR count). The fraction of sp³-hybridized carbons (Fsp3) is 0.556. The fourth-order valence-electron chi connectivity index (χ4n) is 3.28. The molecule has 4 heteroatoms. The minimum Gasteiger partial charge on any atom is -0.247 e. The molecule has 22 heavy (non-hydrogen) atoms. The van der Waals surface area contributed by atoms with Crippen LogP contribution in [0.2, 0.25) is 0 Å². The summed E-state index contributed by atoms with van der Waals surface area (Å²) in [5, 5.41) is 6.94. The summed E-state index contributed by atoms with van der Waals surface area (Å²) >= 11 is 0. The number of rotatable bonds is 7. The van der Waals surface area contributed by atoms with Crippen LogP contribution in [0.4, 0.5) is 0 Å². The maximum Gasteiger partial charge on any atom is 0.347 e. The zero-order valence-corrected chi connectivity index (χ0v) is 14.1. The van der Waals surface area contributed by atoms with Crippen molar-refractivity contribution in [2.24, 2.45) is 5.92 Å². The Bertz CT molecular complexity index is 643. The van der Waals surface area contributed by atoms with Crippen LogP contribution in [-0.2, 0) is 6.42 Å². The van der Waals surface area contributed by atoms with Gasteiger partial charge < -0.3 is 0 Å². The summed E-state index contributed by atoms with van der Waals surface area (Å²) in [6.07, 6.45) is 5.56. The predicted octanol–water partition coefficient (Wildman–Crippen LogP) is 3.94. The number of nitrogens with one attached hydrogen (secondary N) is 1. The van der Waals surface area contributed by atoms with Gasteiger partial charge in [-0.25, -0.2) is 14.5 Å². The summed E-state index contributed by atoms with van der Waals surface area (Å²) in [6, 6.07) is 6.11. The van der Waals surface area contributed by atoms with Crippen molar-refractivity contribution in [1.29, 1.82) is 0 Å². The van der Waals surface area contributed by atoms with Gasteiger partial charge in [0, 0.05) is 6.42 Å². The maximum absolute atomic E-state index is 12.3. The van der Waals surface area contributed by atoms with Crippen molar-refractivity contribution in [3.63, 3.8) is 0 Å². The predicted molar refractivity (Wildman–Crippen MR) is 90.7 cm³/mol. The van der Waals surface area contributed by atoms with Gasteiger partial charge in [-0.15, -0.1) is 0 Å². The summed E-state index contributed by atoms with van der Waals surface area (Å²) in [5.74, 6) is 1.45. The van der Waals surface area contributed by atoms with Crippen LogP contribution in [0.15, 0.2) is 23.0 Å². The van der Waals surface area contributed by atoms with Crippen LogP contribution in [-0.4, -0.2) is 14.8 Å². The third-order valence-electron chi connectivity index (χ3n) is 4.27. The number of hydrogen-bond acceptors (Lipinski definition) is 2. The Balaban J connectivity index is 2.42. The van der Waals surface area contributed by atoms with Gasteiger partial charge in [-0.2, -0.15) is 5.10 Å². The highest BCUT2D eigenvalue weighted by atomic mass is 16.1. The van der Waals surface area contributed by atoms with Gasteiger partial charge >= 0.3 is 5.69 Å². The van der Waals surface area contributed by atoms with Gasteiger partial charge in [0.1, 0.15) is 5.82 Å². The molecule has 1 N–H and O–H groups in total. The zero-order chi connectivity index (χ0) is 16.1. The number of hydrogen-bond donors (Lipinski definition) is 1. The average Bonchev–Trinajstić information content (AvgIpc) is 2.81.